The third kappa shape index (κ3) is 4.52. The number of hydrogen-bond acceptors (Lipinski definition) is 4. The lowest BCUT2D eigenvalue weighted by Gasteiger charge is -2.23. The quantitative estimate of drug-likeness (QED) is 0.498. The van der Waals surface area contributed by atoms with E-state index in [1.54, 1.807) is 0 Å². The first kappa shape index (κ1) is 17.1. The highest BCUT2D eigenvalue weighted by Crippen LogP contribution is 2.36. The Morgan fingerprint density at radius 1 is 1.33 bits per heavy atom. The van der Waals surface area contributed by atoms with E-state index >= 15 is 0 Å². The molecule has 10 heteroatoms. The second-order valence-electron chi connectivity index (χ2n) is 4.02. The number of benzene rings is 1. The van der Waals surface area contributed by atoms with Crippen molar-refractivity contribution in [3.8, 4) is 0 Å². The van der Waals surface area contributed by atoms with Gasteiger partial charge >= 0.3 is 6.18 Å². The Balaban J connectivity index is 3.29. The Bertz CT molecular complexity index is 507. The Labute approximate surface area is 115 Å². The van der Waals surface area contributed by atoms with Crippen LogP contribution in [0.1, 0.15) is 5.56 Å². The molecule has 0 fully saturated rings. The summed E-state index contributed by atoms with van der Waals surface area (Å²) in [6.07, 6.45) is -7.65. The molecule has 1 N–H and O–H groups in total. The molecule has 0 bridgehead atoms. The van der Waals surface area contributed by atoms with Crippen LogP contribution in [0.25, 0.3) is 0 Å². The average molecular weight is 314 g/mol. The minimum Gasteiger partial charge on any atom is -0.395 e. The number of hydrogen-bond donors (Lipinski definition) is 1. The van der Waals surface area contributed by atoms with E-state index in [0.29, 0.717) is 6.07 Å². The van der Waals surface area contributed by atoms with Crippen LogP contribution in [0.4, 0.5) is 33.3 Å². The van der Waals surface area contributed by atoms with Crippen molar-refractivity contribution in [2.75, 3.05) is 24.6 Å². The molecule has 0 saturated heterocycles. The summed E-state index contributed by atoms with van der Waals surface area (Å²) >= 11 is 0. The highest BCUT2D eigenvalue weighted by Gasteiger charge is 2.34. The second-order valence-corrected chi connectivity index (χ2v) is 4.02. The number of aliphatic hydroxyl groups is 1. The summed E-state index contributed by atoms with van der Waals surface area (Å²) in [6, 6.07) is 1.60. The third-order valence-electron chi connectivity index (χ3n) is 2.57. The first-order valence-corrected chi connectivity index (χ1v) is 5.66. The van der Waals surface area contributed by atoms with Gasteiger partial charge in [-0.1, -0.05) is 0 Å². The molecule has 5 nitrogen and oxygen atoms in total. The molecule has 0 unspecified atom stereocenters. The van der Waals surface area contributed by atoms with Crippen molar-refractivity contribution in [1.82, 2.24) is 0 Å². The number of nitro benzene ring substituents is 1. The molecule has 0 aliphatic heterocycles. The monoisotopic (exact) mass is 314 g/mol. The summed E-state index contributed by atoms with van der Waals surface area (Å²) in [6.45, 7) is -1.88. The van der Waals surface area contributed by atoms with E-state index in [-0.39, 0.29) is 12.6 Å². The first-order valence-electron chi connectivity index (χ1n) is 5.66. The van der Waals surface area contributed by atoms with E-state index in [2.05, 4.69) is 0 Å². The predicted molar refractivity (Wildman–Crippen MR) is 63.4 cm³/mol. The molecule has 0 aromatic heterocycles. The summed E-state index contributed by atoms with van der Waals surface area (Å²) in [4.78, 5) is 10.5. The van der Waals surface area contributed by atoms with Gasteiger partial charge in [-0.05, 0) is 12.1 Å². The van der Waals surface area contributed by atoms with Gasteiger partial charge in [0.05, 0.1) is 23.6 Å². The molecule has 118 valence electrons. The van der Waals surface area contributed by atoms with Crippen molar-refractivity contribution in [3.63, 3.8) is 0 Å². The van der Waals surface area contributed by atoms with Crippen LogP contribution < -0.4 is 4.90 Å². The zero-order valence-electron chi connectivity index (χ0n) is 10.5. The summed E-state index contributed by atoms with van der Waals surface area (Å²) < 4.78 is 62.4. The van der Waals surface area contributed by atoms with E-state index in [1.807, 2.05) is 0 Å². The zero-order valence-corrected chi connectivity index (χ0v) is 10.5. The summed E-state index contributed by atoms with van der Waals surface area (Å²) in [7, 11) is 0. The van der Waals surface area contributed by atoms with Crippen LogP contribution in [0.2, 0.25) is 0 Å². The molecule has 0 atom stereocenters. The van der Waals surface area contributed by atoms with Gasteiger partial charge in [0.1, 0.15) is 5.69 Å². The minimum atomic E-state index is -4.78. The largest absolute Gasteiger partial charge is 0.416 e. The number of aliphatic hydroxyl groups excluding tert-OH is 1. The van der Waals surface area contributed by atoms with Crippen LogP contribution in [-0.2, 0) is 6.18 Å². The van der Waals surface area contributed by atoms with Gasteiger partial charge in [0.2, 0.25) is 0 Å². The average Bonchev–Trinajstić information content (AvgIpc) is 2.36. The molecule has 21 heavy (non-hydrogen) atoms. The maximum atomic E-state index is 12.5. The van der Waals surface area contributed by atoms with Crippen LogP contribution in [0.5, 0.6) is 0 Å². The van der Waals surface area contributed by atoms with Gasteiger partial charge in [-0.3, -0.25) is 10.1 Å². The fourth-order valence-corrected chi connectivity index (χ4v) is 1.71. The van der Waals surface area contributed by atoms with E-state index in [1.165, 1.54) is 0 Å². The molecule has 0 amide bonds. The number of alkyl halides is 5. The second kappa shape index (κ2) is 6.66. The maximum absolute atomic E-state index is 12.5. The van der Waals surface area contributed by atoms with Gasteiger partial charge in [0, 0.05) is 12.6 Å². The summed E-state index contributed by atoms with van der Waals surface area (Å²) in [5.41, 5.74) is -2.60. The molecule has 0 heterocycles. The van der Waals surface area contributed by atoms with Crippen molar-refractivity contribution in [3.05, 3.63) is 33.9 Å². The molecular formula is C11H11F5N2O3. The van der Waals surface area contributed by atoms with Crippen LogP contribution in [-0.4, -0.2) is 36.2 Å². The minimum absolute atomic E-state index is 0.283. The molecule has 0 saturated carbocycles. The number of nitrogens with zero attached hydrogens (tertiary/aromatic N) is 2. The molecule has 0 radical (unpaired) electrons. The molecule has 0 aliphatic carbocycles. The molecular weight excluding hydrogens is 303 g/mol. The fourth-order valence-electron chi connectivity index (χ4n) is 1.71. The first-order chi connectivity index (χ1) is 9.66. The third-order valence-corrected chi connectivity index (χ3v) is 2.57. The van der Waals surface area contributed by atoms with Crippen LogP contribution in [0, 0.1) is 10.1 Å². The SMILES string of the molecule is O=[N+]([O-])c1cc(C(F)(F)F)ccc1N(CCO)CC(F)F. The van der Waals surface area contributed by atoms with E-state index < -0.39 is 47.6 Å². The molecule has 1 aromatic carbocycles. The van der Waals surface area contributed by atoms with Crippen molar-refractivity contribution in [1.29, 1.82) is 0 Å². The van der Waals surface area contributed by atoms with Crippen LogP contribution in [0.15, 0.2) is 18.2 Å². The van der Waals surface area contributed by atoms with Gasteiger partial charge in [-0.15, -0.1) is 0 Å². The fraction of sp³-hybridized carbons (Fsp3) is 0.455. The Kier molecular flexibility index (Phi) is 5.41. The van der Waals surface area contributed by atoms with Crippen molar-refractivity contribution < 1.29 is 32.0 Å². The van der Waals surface area contributed by atoms with Gasteiger partial charge in [0.25, 0.3) is 12.1 Å². The Morgan fingerprint density at radius 3 is 2.38 bits per heavy atom. The van der Waals surface area contributed by atoms with Gasteiger partial charge in [-0.25, -0.2) is 8.78 Å². The van der Waals surface area contributed by atoms with Gasteiger partial charge in [0.15, 0.2) is 0 Å². The van der Waals surface area contributed by atoms with E-state index in [0.717, 1.165) is 11.0 Å². The molecule has 1 aromatic rings. The number of anilines is 1. The van der Waals surface area contributed by atoms with Gasteiger partial charge < -0.3 is 10.0 Å². The lowest BCUT2D eigenvalue weighted by Crippen LogP contribution is -2.32. The smallest absolute Gasteiger partial charge is 0.395 e. The molecule has 0 aliphatic rings. The summed E-state index contributed by atoms with van der Waals surface area (Å²) in [5, 5.41) is 19.6. The van der Waals surface area contributed by atoms with Crippen molar-refractivity contribution >= 4 is 11.4 Å². The van der Waals surface area contributed by atoms with E-state index in [9.17, 15) is 32.1 Å². The van der Waals surface area contributed by atoms with Crippen LogP contribution >= 0.6 is 0 Å². The lowest BCUT2D eigenvalue weighted by atomic mass is 10.1. The summed E-state index contributed by atoms with van der Waals surface area (Å²) in [5.74, 6) is 0. The molecule has 0 spiro atoms. The Morgan fingerprint density at radius 2 is 1.95 bits per heavy atom. The lowest BCUT2D eigenvalue weighted by molar-refractivity contribution is -0.384. The van der Waals surface area contributed by atoms with Gasteiger partial charge in [-0.2, -0.15) is 13.2 Å². The van der Waals surface area contributed by atoms with Crippen molar-refractivity contribution in [2.45, 2.75) is 12.6 Å². The number of nitro groups is 1. The Hall–Kier alpha value is -1.97. The van der Waals surface area contributed by atoms with E-state index in [4.69, 9.17) is 5.11 Å². The maximum Gasteiger partial charge on any atom is 0.416 e. The molecule has 1 rings (SSSR count). The topological polar surface area (TPSA) is 66.6 Å². The highest BCUT2D eigenvalue weighted by molar-refractivity contribution is 5.64. The van der Waals surface area contributed by atoms with Crippen molar-refractivity contribution in [2.24, 2.45) is 0 Å². The highest BCUT2D eigenvalue weighted by atomic mass is 19.4. The zero-order chi connectivity index (χ0) is 16.2. The normalized spacial score (nSPS) is 11.8. The number of halogens is 5. The number of rotatable bonds is 6. The van der Waals surface area contributed by atoms with Crippen LogP contribution in [0.3, 0.4) is 0 Å². The predicted octanol–water partition coefficient (Wildman–Crippen LogP) is 2.68. The standard InChI is InChI=1S/C11H11F5N2O3/c12-10(13)6-17(3-4-19)8-2-1-7(11(14,15)16)5-9(8)18(20)21/h1-2,5,10,19H,3-4,6H2.